The van der Waals surface area contributed by atoms with Gasteiger partial charge in [0.25, 0.3) is 0 Å². The van der Waals surface area contributed by atoms with Crippen LogP contribution in [0.1, 0.15) is 16.5 Å². The molecule has 0 aliphatic carbocycles. The van der Waals surface area contributed by atoms with Crippen molar-refractivity contribution in [3.63, 3.8) is 0 Å². The van der Waals surface area contributed by atoms with Crippen LogP contribution in [0.2, 0.25) is 0 Å². The second kappa shape index (κ2) is 5.21. The molecule has 1 unspecified atom stereocenters. The van der Waals surface area contributed by atoms with Crippen molar-refractivity contribution in [2.45, 2.75) is 17.1 Å². The molecule has 0 radical (unpaired) electrons. The molecule has 0 fully saturated rings. The van der Waals surface area contributed by atoms with Gasteiger partial charge in [-0.3, -0.25) is 4.98 Å². The zero-order valence-corrected chi connectivity index (χ0v) is 11.1. The minimum atomic E-state index is -3.74. The average molecular weight is 272 g/mol. The van der Waals surface area contributed by atoms with Crippen molar-refractivity contribution in [1.82, 2.24) is 4.98 Å². The summed E-state index contributed by atoms with van der Waals surface area (Å²) < 4.78 is 24.8. The molecule has 2 aromatic rings. The number of benzene rings is 1. The van der Waals surface area contributed by atoms with Gasteiger partial charge in [-0.2, -0.15) is 5.26 Å². The summed E-state index contributed by atoms with van der Waals surface area (Å²) in [5, 5.41) is 7.88. The summed E-state index contributed by atoms with van der Waals surface area (Å²) in [7, 11) is -3.74. The maximum Gasteiger partial charge on any atom is 0.200 e. The lowest BCUT2D eigenvalue weighted by Gasteiger charge is -2.10. The Morgan fingerprint density at radius 1 is 1.16 bits per heavy atom. The monoisotopic (exact) mass is 272 g/mol. The molecule has 0 bridgehead atoms. The normalized spacial score (nSPS) is 12.6. The van der Waals surface area contributed by atoms with Crippen molar-refractivity contribution >= 4 is 9.84 Å². The van der Waals surface area contributed by atoms with Crippen LogP contribution in [-0.2, 0) is 9.84 Å². The molecular weight excluding hydrogens is 260 g/mol. The second-order valence-corrected chi connectivity index (χ2v) is 6.15. The van der Waals surface area contributed by atoms with E-state index in [4.69, 9.17) is 5.26 Å². The van der Waals surface area contributed by atoms with Crippen LogP contribution >= 0.6 is 0 Å². The zero-order chi connectivity index (χ0) is 13.9. The van der Waals surface area contributed by atoms with E-state index in [-0.39, 0.29) is 10.6 Å². The molecule has 2 rings (SSSR count). The number of nitriles is 1. The van der Waals surface area contributed by atoms with Crippen LogP contribution in [-0.4, -0.2) is 13.4 Å². The molecule has 1 atom stereocenters. The molecule has 19 heavy (non-hydrogen) atoms. The van der Waals surface area contributed by atoms with Crippen LogP contribution < -0.4 is 0 Å². The number of nitrogens with zero attached hydrogens (tertiary/aromatic N) is 2. The van der Waals surface area contributed by atoms with Crippen LogP contribution in [0, 0.1) is 18.3 Å². The van der Waals surface area contributed by atoms with Gasteiger partial charge in [0.05, 0.1) is 16.7 Å². The maximum absolute atomic E-state index is 12.4. The van der Waals surface area contributed by atoms with E-state index in [9.17, 15) is 8.42 Å². The number of hydrogen-bond acceptors (Lipinski definition) is 4. The van der Waals surface area contributed by atoms with Gasteiger partial charge in [0.1, 0.15) is 0 Å². The van der Waals surface area contributed by atoms with E-state index in [2.05, 4.69) is 4.98 Å². The van der Waals surface area contributed by atoms with Crippen LogP contribution in [0.25, 0.3) is 0 Å². The standard InChI is InChI=1S/C14H12N2O2S/c1-11-5-7-12(8-6-11)19(17,18)14(10-15)13-4-2-3-9-16-13/h2-9,14H,1H3. The number of hydrogen-bond donors (Lipinski definition) is 0. The lowest BCUT2D eigenvalue weighted by atomic mass is 10.2. The highest BCUT2D eigenvalue weighted by Gasteiger charge is 2.29. The Morgan fingerprint density at radius 2 is 1.84 bits per heavy atom. The quantitative estimate of drug-likeness (QED) is 0.860. The molecule has 1 aromatic heterocycles. The van der Waals surface area contributed by atoms with Crippen LogP contribution in [0.4, 0.5) is 0 Å². The van der Waals surface area contributed by atoms with E-state index in [0.29, 0.717) is 0 Å². The minimum Gasteiger partial charge on any atom is -0.259 e. The highest BCUT2D eigenvalue weighted by atomic mass is 32.2. The third-order valence-corrected chi connectivity index (χ3v) is 4.63. The van der Waals surface area contributed by atoms with Crippen molar-refractivity contribution in [2.75, 3.05) is 0 Å². The van der Waals surface area contributed by atoms with Crippen molar-refractivity contribution < 1.29 is 8.42 Å². The fourth-order valence-electron chi connectivity index (χ4n) is 1.69. The van der Waals surface area contributed by atoms with Gasteiger partial charge in [0.15, 0.2) is 15.1 Å². The molecule has 1 heterocycles. The minimum absolute atomic E-state index is 0.135. The Kier molecular flexibility index (Phi) is 3.63. The van der Waals surface area contributed by atoms with Crippen LogP contribution in [0.15, 0.2) is 53.6 Å². The van der Waals surface area contributed by atoms with Gasteiger partial charge in [0.2, 0.25) is 0 Å². The van der Waals surface area contributed by atoms with Crippen molar-refractivity contribution in [3.05, 3.63) is 59.9 Å². The average Bonchev–Trinajstić information content (AvgIpc) is 2.41. The van der Waals surface area contributed by atoms with E-state index in [1.54, 1.807) is 30.3 Å². The summed E-state index contributed by atoms with van der Waals surface area (Å²) in [6, 6.07) is 13.1. The van der Waals surface area contributed by atoms with E-state index < -0.39 is 15.1 Å². The second-order valence-electron chi connectivity index (χ2n) is 4.12. The largest absolute Gasteiger partial charge is 0.259 e. The van der Waals surface area contributed by atoms with E-state index in [0.717, 1.165) is 5.56 Å². The number of aromatic nitrogens is 1. The Balaban J connectivity index is 2.49. The first-order valence-electron chi connectivity index (χ1n) is 5.67. The number of rotatable bonds is 3. The first-order valence-corrected chi connectivity index (χ1v) is 7.21. The van der Waals surface area contributed by atoms with E-state index in [1.807, 2.05) is 13.0 Å². The molecule has 0 spiro atoms. The SMILES string of the molecule is Cc1ccc(S(=O)(=O)C(C#N)c2ccccn2)cc1. The third-order valence-electron chi connectivity index (χ3n) is 2.73. The van der Waals surface area contributed by atoms with Crippen LogP contribution in [0.3, 0.4) is 0 Å². The molecule has 4 nitrogen and oxygen atoms in total. The third kappa shape index (κ3) is 2.64. The van der Waals surface area contributed by atoms with Crippen molar-refractivity contribution in [3.8, 4) is 6.07 Å². The molecular formula is C14H12N2O2S. The smallest absolute Gasteiger partial charge is 0.200 e. The Bertz CT molecular complexity index is 701. The Hall–Kier alpha value is -2.19. The first kappa shape index (κ1) is 13.2. The molecule has 0 N–H and O–H groups in total. The summed E-state index contributed by atoms with van der Waals surface area (Å²) in [5.41, 5.74) is 1.20. The molecule has 0 amide bonds. The highest BCUT2D eigenvalue weighted by molar-refractivity contribution is 7.92. The van der Waals surface area contributed by atoms with Gasteiger partial charge in [-0.05, 0) is 31.2 Å². The maximum atomic E-state index is 12.4. The lowest BCUT2D eigenvalue weighted by Crippen LogP contribution is -2.13. The van der Waals surface area contributed by atoms with Crippen molar-refractivity contribution in [1.29, 1.82) is 5.26 Å². The van der Waals surface area contributed by atoms with Gasteiger partial charge < -0.3 is 0 Å². The van der Waals surface area contributed by atoms with Gasteiger partial charge in [-0.1, -0.05) is 23.8 Å². The van der Waals surface area contributed by atoms with Gasteiger partial charge >= 0.3 is 0 Å². The summed E-state index contributed by atoms with van der Waals surface area (Å²) in [6.07, 6.45) is 1.48. The summed E-state index contributed by atoms with van der Waals surface area (Å²) in [4.78, 5) is 4.09. The molecule has 96 valence electrons. The van der Waals surface area contributed by atoms with Gasteiger partial charge in [-0.25, -0.2) is 8.42 Å². The summed E-state index contributed by atoms with van der Waals surface area (Å²) >= 11 is 0. The summed E-state index contributed by atoms with van der Waals surface area (Å²) in [5.74, 6) is 0. The van der Waals surface area contributed by atoms with E-state index in [1.165, 1.54) is 18.3 Å². The molecule has 0 saturated heterocycles. The van der Waals surface area contributed by atoms with Gasteiger partial charge in [0, 0.05) is 6.20 Å². The Labute approximate surface area is 112 Å². The van der Waals surface area contributed by atoms with Crippen molar-refractivity contribution in [2.24, 2.45) is 0 Å². The zero-order valence-electron chi connectivity index (χ0n) is 10.3. The molecule has 0 aliphatic heterocycles. The Morgan fingerprint density at radius 3 is 2.37 bits per heavy atom. The molecule has 5 heteroatoms. The first-order chi connectivity index (χ1) is 9.05. The number of pyridine rings is 1. The fraction of sp³-hybridized carbons (Fsp3) is 0.143. The molecule has 0 saturated carbocycles. The predicted octanol–water partition coefficient (Wildman–Crippen LogP) is 2.43. The van der Waals surface area contributed by atoms with Crippen LogP contribution in [0.5, 0.6) is 0 Å². The highest BCUT2D eigenvalue weighted by Crippen LogP contribution is 2.27. The number of aryl methyl sites for hydroxylation is 1. The topological polar surface area (TPSA) is 70.8 Å². The molecule has 1 aromatic carbocycles. The summed E-state index contributed by atoms with van der Waals surface area (Å²) in [6.45, 7) is 1.87. The van der Waals surface area contributed by atoms with E-state index >= 15 is 0 Å². The fourth-order valence-corrected chi connectivity index (χ4v) is 3.07. The van der Waals surface area contributed by atoms with Gasteiger partial charge in [-0.15, -0.1) is 0 Å². The number of sulfone groups is 1. The lowest BCUT2D eigenvalue weighted by molar-refractivity contribution is 0.590. The predicted molar refractivity (Wildman–Crippen MR) is 71.0 cm³/mol. The molecule has 0 aliphatic rings.